The van der Waals surface area contributed by atoms with Gasteiger partial charge < -0.3 is 15.1 Å². The molecule has 6 nitrogen and oxygen atoms in total. The molecule has 1 aliphatic heterocycles. The predicted molar refractivity (Wildman–Crippen MR) is 100 cm³/mol. The molecule has 0 saturated heterocycles. The zero-order valence-electron chi connectivity index (χ0n) is 14.8. The summed E-state index contributed by atoms with van der Waals surface area (Å²) < 4.78 is 0. The molecule has 0 fully saturated rings. The number of carbonyl (C=O) groups excluding carboxylic acids is 3. The maximum absolute atomic E-state index is 13.0. The third-order valence-corrected chi connectivity index (χ3v) is 4.25. The molecule has 0 saturated carbocycles. The van der Waals surface area contributed by atoms with Crippen molar-refractivity contribution < 1.29 is 14.4 Å². The number of hydrogen-bond donors (Lipinski definition) is 1. The Morgan fingerprint density at radius 1 is 1.08 bits per heavy atom. The standard InChI is InChI=1S/C20H21N3O3/c1-14(2)23(15-8-4-3-5-9-15)19(25)13-22-17-11-7-6-10-16(17)20(26)21-12-18(22)24/h3-11,14H,12-13H2,1-2H3,(H,21,26). The van der Waals surface area contributed by atoms with E-state index in [0.29, 0.717) is 11.3 Å². The highest BCUT2D eigenvalue weighted by atomic mass is 16.2. The van der Waals surface area contributed by atoms with E-state index in [1.165, 1.54) is 4.90 Å². The summed E-state index contributed by atoms with van der Waals surface area (Å²) in [7, 11) is 0. The van der Waals surface area contributed by atoms with Crippen LogP contribution in [0.5, 0.6) is 0 Å². The Kier molecular flexibility index (Phi) is 5.02. The molecule has 0 atom stereocenters. The largest absolute Gasteiger partial charge is 0.343 e. The first-order valence-electron chi connectivity index (χ1n) is 8.53. The second-order valence-electron chi connectivity index (χ2n) is 6.37. The molecule has 0 aliphatic carbocycles. The maximum Gasteiger partial charge on any atom is 0.253 e. The molecule has 3 rings (SSSR count). The molecule has 0 unspecified atom stereocenters. The van der Waals surface area contributed by atoms with Crippen LogP contribution < -0.4 is 15.1 Å². The molecule has 1 heterocycles. The number of rotatable bonds is 4. The number of benzene rings is 2. The zero-order chi connectivity index (χ0) is 18.7. The third kappa shape index (κ3) is 3.44. The third-order valence-electron chi connectivity index (χ3n) is 4.25. The van der Waals surface area contributed by atoms with Crippen molar-refractivity contribution in [3.8, 4) is 0 Å². The molecule has 2 aromatic carbocycles. The summed E-state index contributed by atoms with van der Waals surface area (Å²) in [6.07, 6.45) is 0. The number of hydrogen-bond acceptors (Lipinski definition) is 3. The number of carbonyl (C=O) groups is 3. The van der Waals surface area contributed by atoms with Gasteiger partial charge >= 0.3 is 0 Å². The molecule has 134 valence electrons. The van der Waals surface area contributed by atoms with Crippen molar-refractivity contribution in [2.45, 2.75) is 19.9 Å². The predicted octanol–water partition coefficient (Wildman–Crippen LogP) is 2.20. The van der Waals surface area contributed by atoms with Gasteiger partial charge in [0.25, 0.3) is 5.91 Å². The number of fused-ring (bicyclic) bond motifs is 1. The zero-order valence-corrected chi connectivity index (χ0v) is 14.8. The van der Waals surface area contributed by atoms with Crippen LogP contribution in [0.2, 0.25) is 0 Å². The van der Waals surface area contributed by atoms with Gasteiger partial charge in [-0.15, -0.1) is 0 Å². The summed E-state index contributed by atoms with van der Waals surface area (Å²) in [5.41, 5.74) is 1.62. The molecule has 3 amide bonds. The number of nitrogens with zero attached hydrogens (tertiary/aromatic N) is 2. The summed E-state index contributed by atoms with van der Waals surface area (Å²) >= 11 is 0. The monoisotopic (exact) mass is 351 g/mol. The number of para-hydroxylation sites is 2. The van der Waals surface area contributed by atoms with Gasteiger partial charge in [0, 0.05) is 11.7 Å². The van der Waals surface area contributed by atoms with Gasteiger partial charge in [-0.2, -0.15) is 0 Å². The van der Waals surface area contributed by atoms with Crippen molar-refractivity contribution in [2.75, 3.05) is 22.9 Å². The lowest BCUT2D eigenvalue weighted by Crippen LogP contribution is -2.47. The van der Waals surface area contributed by atoms with E-state index >= 15 is 0 Å². The SMILES string of the molecule is CC(C)N(C(=O)CN1C(=O)CNC(=O)c2ccccc21)c1ccccc1. The summed E-state index contributed by atoms with van der Waals surface area (Å²) in [4.78, 5) is 40.8. The van der Waals surface area contributed by atoms with Crippen LogP contribution in [-0.4, -0.2) is 36.9 Å². The van der Waals surface area contributed by atoms with E-state index in [1.807, 2.05) is 44.2 Å². The van der Waals surface area contributed by atoms with Crippen molar-refractivity contribution in [3.63, 3.8) is 0 Å². The summed E-state index contributed by atoms with van der Waals surface area (Å²) in [5, 5.41) is 2.58. The summed E-state index contributed by atoms with van der Waals surface area (Å²) in [6, 6.07) is 16.1. The molecule has 0 bridgehead atoms. The Labute approximate surface area is 152 Å². The van der Waals surface area contributed by atoms with Gasteiger partial charge in [0.2, 0.25) is 11.8 Å². The fraction of sp³-hybridized carbons (Fsp3) is 0.250. The first-order chi connectivity index (χ1) is 12.5. The first-order valence-corrected chi connectivity index (χ1v) is 8.53. The minimum absolute atomic E-state index is 0.0676. The topological polar surface area (TPSA) is 69.7 Å². The van der Waals surface area contributed by atoms with Gasteiger partial charge in [0.15, 0.2) is 0 Å². The van der Waals surface area contributed by atoms with Gasteiger partial charge in [-0.05, 0) is 38.1 Å². The van der Waals surface area contributed by atoms with Gasteiger partial charge in [-0.3, -0.25) is 14.4 Å². The second-order valence-corrected chi connectivity index (χ2v) is 6.37. The fourth-order valence-corrected chi connectivity index (χ4v) is 3.09. The van der Waals surface area contributed by atoms with Crippen LogP contribution in [-0.2, 0) is 9.59 Å². The van der Waals surface area contributed by atoms with Crippen LogP contribution >= 0.6 is 0 Å². The van der Waals surface area contributed by atoms with Gasteiger partial charge in [0.05, 0.1) is 17.8 Å². The van der Waals surface area contributed by atoms with Gasteiger partial charge in [0.1, 0.15) is 6.54 Å². The Balaban J connectivity index is 1.93. The lowest BCUT2D eigenvalue weighted by atomic mass is 10.1. The van der Waals surface area contributed by atoms with E-state index in [9.17, 15) is 14.4 Å². The Morgan fingerprint density at radius 2 is 1.73 bits per heavy atom. The number of nitrogens with one attached hydrogen (secondary N) is 1. The fourth-order valence-electron chi connectivity index (χ4n) is 3.09. The molecular weight excluding hydrogens is 330 g/mol. The lowest BCUT2D eigenvalue weighted by molar-refractivity contribution is -0.122. The molecular formula is C20H21N3O3. The smallest absolute Gasteiger partial charge is 0.253 e. The highest BCUT2D eigenvalue weighted by Gasteiger charge is 2.30. The van der Waals surface area contributed by atoms with Crippen LogP contribution in [0.1, 0.15) is 24.2 Å². The normalized spacial score (nSPS) is 13.9. The lowest BCUT2D eigenvalue weighted by Gasteiger charge is -2.30. The molecule has 0 aromatic heterocycles. The van der Waals surface area contributed by atoms with Crippen molar-refractivity contribution in [1.29, 1.82) is 0 Å². The van der Waals surface area contributed by atoms with E-state index in [2.05, 4.69) is 5.32 Å². The van der Waals surface area contributed by atoms with E-state index in [1.54, 1.807) is 29.2 Å². The molecule has 0 spiro atoms. The molecule has 2 aromatic rings. The van der Waals surface area contributed by atoms with Crippen LogP contribution in [0.25, 0.3) is 0 Å². The van der Waals surface area contributed by atoms with Crippen molar-refractivity contribution in [1.82, 2.24) is 5.32 Å². The first kappa shape index (κ1) is 17.7. The van der Waals surface area contributed by atoms with Crippen LogP contribution in [0.4, 0.5) is 11.4 Å². The molecule has 0 radical (unpaired) electrons. The number of anilines is 2. The molecule has 1 N–H and O–H groups in total. The van der Waals surface area contributed by atoms with E-state index in [-0.39, 0.29) is 36.9 Å². The Hall–Kier alpha value is -3.15. The highest BCUT2D eigenvalue weighted by Crippen LogP contribution is 2.24. The summed E-state index contributed by atoms with van der Waals surface area (Å²) in [6.45, 7) is 3.59. The van der Waals surface area contributed by atoms with Crippen LogP contribution in [0.3, 0.4) is 0 Å². The quantitative estimate of drug-likeness (QED) is 0.918. The number of amides is 3. The van der Waals surface area contributed by atoms with E-state index in [0.717, 1.165) is 5.69 Å². The minimum Gasteiger partial charge on any atom is -0.343 e. The molecule has 6 heteroatoms. The van der Waals surface area contributed by atoms with Gasteiger partial charge in [-0.25, -0.2) is 0 Å². The summed E-state index contributed by atoms with van der Waals surface area (Å²) in [5.74, 6) is -0.829. The van der Waals surface area contributed by atoms with E-state index in [4.69, 9.17) is 0 Å². The van der Waals surface area contributed by atoms with Crippen LogP contribution in [0.15, 0.2) is 54.6 Å². The van der Waals surface area contributed by atoms with E-state index < -0.39 is 0 Å². The Bertz CT molecular complexity index is 833. The maximum atomic E-state index is 13.0. The average Bonchev–Trinajstić information content (AvgIpc) is 2.75. The van der Waals surface area contributed by atoms with Crippen molar-refractivity contribution >= 4 is 29.1 Å². The Morgan fingerprint density at radius 3 is 2.42 bits per heavy atom. The van der Waals surface area contributed by atoms with Gasteiger partial charge in [-0.1, -0.05) is 30.3 Å². The van der Waals surface area contributed by atoms with Crippen molar-refractivity contribution in [3.05, 3.63) is 60.2 Å². The van der Waals surface area contributed by atoms with Crippen LogP contribution in [0, 0.1) is 0 Å². The second kappa shape index (κ2) is 7.39. The molecule has 26 heavy (non-hydrogen) atoms. The molecule has 1 aliphatic rings. The average molecular weight is 351 g/mol. The van der Waals surface area contributed by atoms with Crippen molar-refractivity contribution in [2.24, 2.45) is 0 Å². The minimum atomic E-state index is -0.312. The highest BCUT2D eigenvalue weighted by molar-refractivity contribution is 6.12.